The van der Waals surface area contributed by atoms with Gasteiger partial charge in [-0.2, -0.15) is 5.10 Å². The lowest BCUT2D eigenvalue weighted by Gasteiger charge is -2.31. The second-order valence-electron chi connectivity index (χ2n) is 5.25. The summed E-state index contributed by atoms with van der Waals surface area (Å²) in [7, 11) is 1.96. The summed E-state index contributed by atoms with van der Waals surface area (Å²) in [6, 6.07) is 0. The van der Waals surface area contributed by atoms with E-state index in [0.717, 1.165) is 55.3 Å². The summed E-state index contributed by atoms with van der Waals surface area (Å²) in [5, 5.41) is 14.0. The second kappa shape index (κ2) is 7.41. The maximum Gasteiger partial charge on any atom is 0.0863 e. The summed E-state index contributed by atoms with van der Waals surface area (Å²) in [5.74, 6) is 0. The number of hydrogen-bond donors (Lipinski definition) is 1. The van der Waals surface area contributed by atoms with Gasteiger partial charge in [0.25, 0.3) is 0 Å². The third-order valence-electron chi connectivity index (χ3n) is 3.86. The van der Waals surface area contributed by atoms with Crippen LogP contribution in [0, 0.1) is 0 Å². The highest BCUT2D eigenvalue weighted by atomic mass is 35.5. The molecule has 0 atom stereocenters. The number of aliphatic hydroxyl groups is 1. The average Bonchev–Trinajstić information content (AvgIpc) is 2.74. The highest BCUT2D eigenvalue weighted by Crippen LogP contribution is 2.24. The Bertz CT molecular complexity index is 428. The Morgan fingerprint density at radius 1 is 1.40 bits per heavy atom. The Morgan fingerprint density at radius 3 is 2.65 bits per heavy atom. The van der Waals surface area contributed by atoms with Crippen LogP contribution in [0.3, 0.4) is 0 Å². The summed E-state index contributed by atoms with van der Waals surface area (Å²) in [6.45, 7) is 5.46. The van der Waals surface area contributed by atoms with Crippen LogP contribution < -0.4 is 0 Å². The van der Waals surface area contributed by atoms with Crippen molar-refractivity contribution in [3.8, 4) is 0 Å². The van der Waals surface area contributed by atoms with Gasteiger partial charge in [0.1, 0.15) is 0 Å². The number of ether oxygens (including phenoxy) is 1. The molecule has 5 nitrogen and oxygen atoms in total. The molecule has 6 heteroatoms. The minimum absolute atomic E-state index is 0.102. The first-order chi connectivity index (χ1) is 9.65. The number of aliphatic hydroxyl groups excluding tert-OH is 1. The van der Waals surface area contributed by atoms with E-state index in [9.17, 15) is 0 Å². The van der Waals surface area contributed by atoms with Crippen LogP contribution in [0.25, 0.3) is 0 Å². The Morgan fingerprint density at radius 2 is 2.10 bits per heavy atom. The maximum atomic E-state index is 8.77. The van der Waals surface area contributed by atoms with Crippen molar-refractivity contribution >= 4 is 11.6 Å². The van der Waals surface area contributed by atoms with Crippen LogP contribution in [0.4, 0.5) is 0 Å². The van der Waals surface area contributed by atoms with Gasteiger partial charge in [-0.25, -0.2) is 0 Å². The van der Waals surface area contributed by atoms with Crippen LogP contribution in [-0.4, -0.2) is 52.2 Å². The lowest BCUT2D eigenvalue weighted by molar-refractivity contribution is -0.00933. The van der Waals surface area contributed by atoms with E-state index < -0.39 is 0 Å². The number of aromatic nitrogens is 2. The highest BCUT2D eigenvalue weighted by Gasteiger charge is 2.22. The molecule has 1 saturated heterocycles. The van der Waals surface area contributed by atoms with E-state index in [1.54, 1.807) is 0 Å². The minimum atomic E-state index is 0.102. The summed E-state index contributed by atoms with van der Waals surface area (Å²) >= 11 is 6.38. The number of hydrogen-bond acceptors (Lipinski definition) is 4. The van der Waals surface area contributed by atoms with Gasteiger partial charge in [0.2, 0.25) is 0 Å². The molecule has 0 unspecified atom stereocenters. The van der Waals surface area contributed by atoms with Gasteiger partial charge in [0, 0.05) is 26.7 Å². The van der Waals surface area contributed by atoms with Gasteiger partial charge in [0.15, 0.2) is 0 Å². The maximum absolute atomic E-state index is 8.77. The zero-order valence-electron chi connectivity index (χ0n) is 12.3. The van der Waals surface area contributed by atoms with E-state index in [1.807, 2.05) is 11.7 Å². The fourth-order valence-electron chi connectivity index (χ4n) is 2.66. The number of likely N-dealkylation sites (tertiary alicyclic amines) is 1. The van der Waals surface area contributed by atoms with Crippen LogP contribution in [0.1, 0.15) is 31.2 Å². The van der Waals surface area contributed by atoms with Gasteiger partial charge in [0.05, 0.1) is 35.7 Å². The predicted octanol–water partition coefficient (Wildman–Crippen LogP) is 1.61. The molecule has 20 heavy (non-hydrogen) atoms. The third-order valence-corrected chi connectivity index (χ3v) is 4.29. The van der Waals surface area contributed by atoms with Gasteiger partial charge >= 0.3 is 0 Å². The molecule has 0 amide bonds. The van der Waals surface area contributed by atoms with E-state index in [1.165, 1.54) is 0 Å². The summed E-state index contributed by atoms with van der Waals surface area (Å²) in [5.41, 5.74) is 2.07. The lowest BCUT2D eigenvalue weighted by atomic mass is 10.1. The fraction of sp³-hybridized carbons (Fsp3) is 0.786. The first-order valence-electron chi connectivity index (χ1n) is 7.30. The third kappa shape index (κ3) is 3.73. The largest absolute Gasteiger partial charge is 0.394 e. The molecule has 1 fully saturated rings. The molecule has 1 aromatic rings. The molecule has 1 aliphatic heterocycles. The number of piperidine rings is 1. The van der Waals surface area contributed by atoms with Crippen molar-refractivity contribution in [1.29, 1.82) is 0 Å². The van der Waals surface area contributed by atoms with Crippen molar-refractivity contribution in [3.63, 3.8) is 0 Å². The molecular formula is C14H24ClN3O2. The van der Waals surface area contributed by atoms with Gasteiger partial charge in [-0.15, -0.1) is 0 Å². The number of rotatable bonds is 6. The molecule has 0 saturated carbocycles. The first kappa shape index (κ1) is 15.8. The van der Waals surface area contributed by atoms with Crippen LogP contribution >= 0.6 is 11.6 Å². The summed E-state index contributed by atoms with van der Waals surface area (Å²) < 4.78 is 7.48. The van der Waals surface area contributed by atoms with Crippen LogP contribution in [-0.2, 0) is 24.8 Å². The van der Waals surface area contributed by atoms with E-state index in [2.05, 4.69) is 16.9 Å². The van der Waals surface area contributed by atoms with Crippen LogP contribution in [0.5, 0.6) is 0 Å². The Kier molecular flexibility index (Phi) is 5.84. The Labute approximate surface area is 125 Å². The smallest absolute Gasteiger partial charge is 0.0863 e. The molecule has 0 spiro atoms. The summed E-state index contributed by atoms with van der Waals surface area (Å²) in [6.07, 6.45) is 3.17. The molecule has 1 aliphatic rings. The standard InChI is InChI=1S/C14H24ClN3O2/c1-3-12-14(15)13(17(2)16-12)10-18-6-4-11(5-7-18)20-9-8-19/h11,19H,3-10H2,1-2H3. The molecule has 1 aromatic heterocycles. The number of halogens is 1. The van der Waals surface area contributed by atoms with E-state index in [-0.39, 0.29) is 12.7 Å². The monoisotopic (exact) mass is 301 g/mol. The first-order valence-corrected chi connectivity index (χ1v) is 7.68. The van der Waals surface area contributed by atoms with Gasteiger partial charge in [-0.1, -0.05) is 18.5 Å². The predicted molar refractivity (Wildman–Crippen MR) is 78.9 cm³/mol. The lowest BCUT2D eigenvalue weighted by Crippen LogP contribution is -2.37. The van der Waals surface area contributed by atoms with Crippen LogP contribution in [0.2, 0.25) is 5.02 Å². The molecule has 114 valence electrons. The zero-order valence-corrected chi connectivity index (χ0v) is 13.1. The van der Waals surface area contributed by atoms with Gasteiger partial charge in [-0.05, 0) is 19.3 Å². The second-order valence-corrected chi connectivity index (χ2v) is 5.63. The molecule has 2 heterocycles. The highest BCUT2D eigenvalue weighted by molar-refractivity contribution is 6.31. The van der Waals surface area contributed by atoms with Gasteiger partial charge in [-0.3, -0.25) is 9.58 Å². The molecule has 0 aromatic carbocycles. The average molecular weight is 302 g/mol. The summed E-state index contributed by atoms with van der Waals surface area (Å²) in [4.78, 5) is 2.39. The van der Waals surface area contributed by atoms with E-state index in [4.69, 9.17) is 21.4 Å². The molecular weight excluding hydrogens is 278 g/mol. The van der Waals surface area contributed by atoms with Gasteiger partial charge < -0.3 is 9.84 Å². The van der Waals surface area contributed by atoms with Crippen molar-refractivity contribution in [2.45, 2.75) is 38.8 Å². The molecule has 0 radical (unpaired) electrons. The quantitative estimate of drug-likeness (QED) is 0.867. The Hall–Kier alpha value is -0.620. The molecule has 0 aliphatic carbocycles. The molecule has 1 N–H and O–H groups in total. The number of nitrogens with zero attached hydrogens (tertiary/aromatic N) is 3. The zero-order chi connectivity index (χ0) is 14.5. The minimum Gasteiger partial charge on any atom is -0.394 e. The topological polar surface area (TPSA) is 50.5 Å². The van der Waals surface area contributed by atoms with Crippen molar-refractivity contribution in [1.82, 2.24) is 14.7 Å². The SMILES string of the molecule is CCc1nn(C)c(CN2CCC(OCCO)CC2)c1Cl. The van der Waals surface area contributed by atoms with E-state index in [0.29, 0.717) is 6.61 Å². The number of aryl methyl sites for hydroxylation is 2. The van der Waals surface area contributed by atoms with Crippen molar-refractivity contribution in [2.24, 2.45) is 7.05 Å². The normalized spacial score (nSPS) is 17.8. The molecule has 0 bridgehead atoms. The van der Waals surface area contributed by atoms with Crippen molar-refractivity contribution < 1.29 is 9.84 Å². The Balaban J connectivity index is 1.88. The van der Waals surface area contributed by atoms with E-state index >= 15 is 0 Å². The fourth-order valence-corrected chi connectivity index (χ4v) is 3.01. The van der Waals surface area contributed by atoms with Crippen molar-refractivity contribution in [3.05, 3.63) is 16.4 Å². The van der Waals surface area contributed by atoms with Crippen LogP contribution in [0.15, 0.2) is 0 Å². The molecule has 2 rings (SSSR count). The van der Waals surface area contributed by atoms with Crippen molar-refractivity contribution in [2.75, 3.05) is 26.3 Å².